The summed E-state index contributed by atoms with van der Waals surface area (Å²) in [6.07, 6.45) is 1.30. The smallest absolute Gasteiger partial charge is 0.134 e. The predicted octanol–water partition coefficient (Wildman–Crippen LogP) is 4.25. The van der Waals surface area contributed by atoms with Crippen molar-refractivity contribution in [2.45, 2.75) is 59.4 Å². The van der Waals surface area contributed by atoms with Crippen LogP contribution in [0.5, 0.6) is 0 Å². The molecule has 20 heavy (non-hydrogen) atoms. The third-order valence-electron chi connectivity index (χ3n) is 3.54. The van der Waals surface area contributed by atoms with Crippen LogP contribution in [0.3, 0.4) is 0 Å². The molecule has 1 N–H and O–H groups in total. The summed E-state index contributed by atoms with van der Waals surface area (Å²) in [5, 5.41) is 4.58. The predicted molar refractivity (Wildman–Crippen MR) is 82.7 cm³/mol. The molecule has 110 valence electrons. The molecular weight excluding hydrogens is 250 g/mol. The summed E-state index contributed by atoms with van der Waals surface area (Å²) in [6.45, 7) is 9.87. The van der Waals surface area contributed by atoms with Crippen molar-refractivity contribution in [2.75, 3.05) is 0 Å². The summed E-state index contributed by atoms with van der Waals surface area (Å²) in [5.74, 6) is 0.989. The van der Waals surface area contributed by atoms with Gasteiger partial charge in [0.2, 0.25) is 0 Å². The van der Waals surface area contributed by atoms with E-state index in [2.05, 4.69) is 39.1 Å². The molecule has 2 aromatic rings. The molecule has 3 heteroatoms. The van der Waals surface area contributed by atoms with Crippen molar-refractivity contribution in [1.82, 2.24) is 5.32 Å². The molecule has 2 rings (SSSR count). The van der Waals surface area contributed by atoms with Crippen molar-refractivity contribution in [2.24, 2.45) is 0 Å². The molecule has 1 heterocycles. The Morgan fingerprint density at radius 2 is 1.95 bits per heavy atom. The number of rotatable bonds is 7. The van der Waals surface area contributed by atoms with Crippen LogP contribution >= 0.6 is 0 Å². The van der Waals surface area contributed by atoms with Gasteiger partial charge < -0.3 is 14.5 Å². The quantitative estimate of drug-likeness (QED) is 0.820. The van der Waals surface area contributed by atoms with E-state index in [1.807, 2.05) is 18.2 Å². The first-order chi connectivity index (χ1) is 9.61. The highest BCUT2D eigenvalue weighted by atomic mass is 16.5. The second kappa shape index (κ2) is 6.91. The summed E-state index contributed by atoms with van der Waals surface area (Å²) in [6, 6.07) is 8.61. The first-order valence-corrected chi connectivity index (χ1v) is 7.46. The summed E-state index contributed by atoms with van der Waals surface area (Å²) in [4.78, 5) is 0. The van der Waals surface area contributed by atoms with E-state index in [0.717, 1.165) is 29.7 Å². The van der Waals surface area contributed by atoms with Crippen molar-refractivity contribution in [1.29, 1.82) is 0 Å². The van der Waals surface area contributed by atoms with Crippen LogP contribution in [0.25, 0.3) is 11.0 Å². The van der Waals surface area contributed by atoms with Crippen LogP contribution in [0, 0.1) is 0 Å². The lowest BCUT2D eigenvalue weighted by Crippen LogP contribution is -2.22. The highest BCUT2D eigenvalue weighted by Gasteiger charge is 2.15. The summed E-state index contributed by atoms with van der Waals surface area (Å²) in [7, 11) is 0. The van der Waals surface area contributed by atoms with Crippen LogP contribution in [0.15, 0.2) is 28.7 Å². The van der Waals surface area contributed by atoms with Gasteiger partial charge in [0, 0.05) is 17.0 Å². The van der Waals surface area contributed by atoms with E-state index in [-0.39, 0.29) is 6.10 Å². The SMILES string of the molecule is CCC(C)OCc1c(CNC(C)C)oc2ccccc12. The molecule has 0 bridgehead atoms. The summed E-state index contributed by atoms with van der Waals surface area (Å²) >= 11 is 0. The lowest BCUT2D eigenvalue weighted by molar-refractivity contribution is 0.0505. The largest absolute Gasteiger partial charge is 0.459 e. The number of fused-ring (bicyclic) bond motifs is 1. The third kappa shape index (κ3) is 3.62. The number of furan rings is 1. The van der Waals surface area contributed by atoms with Gasteiger partial charge >= 0.3 is 0 Å². The monoisotopic (exact) mass is 275 g/mol. The minimum Gasteiger partial charge on any atom is -0.459 e. The number of hydrogen-bond donors (Lipinski definition) is 1. The maximum absolute atomic E-state index is 5.97. The second-order valence-corrected chi connectivity index (χ2v) is 5.57. The van der Waals surface area contributed by atoms with Crippen molar-refractivity contribution in [3.8, 4) is 0 Å². The molecule has 1 atom stereocenters. The molecule has 0 aliphatic carbocycles. The molecule has 1 aromatic carbocycles. The van der Waals surface area contributed by atoms with Crippen LogP contribution in [0.2, 0.25) is 0 Å². The van der Waals surface area contributed by atoms with Crippen LogP contribution < -0.4 is 5.32 Å². The van der Waals surface area contributed by atoms with Gasteiger partial charge in [-0.25, -0.2) is 0 Å². The Kier molecular flexibility index (Phi) is 5.21. The molecule has 0 saturated heterocycles. The average Bonchev–Trinajstić information content (AvgIpc) is 2.80. The number of nitrogens with one attached hydrogen (secondary N) is 1. The first kappa shape index (κ1) is 15.1. The standard InChI is InChI=1S/C17H25NO2/c1-5-13(4)19-11-15-14-8-6-7-9-16(14)20-17(15)10-18-12(2)3/h6-9,12-13,18H,5,10-11H2,1-4H3. The minimum atomic E-state index is 0.273. The Labute approximate surface area is 121 Å². The van der Waals surface area contributed by atoms with E-state index in [9.17, 15) is 0 Å². The van der Waals surface area contributed by atoms with E-state index < -0.39 is 0 Å². The van der Waals surface area contributed by atoms with Gasteiger partial charge in [0.25, 0.3) is 0 Å². The molecule has 0 radical (unpaired) electrons. The fourth-order valence-corrected chi connectivity index (χ4v) is 2.09. The van der Waals surface area contributed by atoms with Gasteiger partial charge in [-0.3, -0.25) is 0 Å². The molecule has 1 aromatic heterocycles. The highest BCUT2D eigenvalue weighted by Crippen LogP contribution is 2.27. The molecule has 0 amide bonds. The Hall–Kier alpha value is -1.32. The van der Waals surface area contributed by atoms with Gasteiger partial charge in [0.1, 0.15) is 11.3 Å². The van der Waals surface area contributed by atoms with Crippen LogP contribution in [-0.4, -0.2) is 12.1 Å². The molecule has 0 fully saturated rings. The number of para-hydroxylation sites is 1. The second-order valence-electron chi connectivity index (χ2n) is 5.57. The van der Waals surface area contributed by atoms with E-state index in [1.54, 1.807) is 0 Å². The van der Waals surface area contributed by atoms with Crippen LogP contribution in [0.4, 0.5) is 0 Å². The van der Waals surface area contributed by atoms with Crippen LogP contribution in [-0.2, 0) is 17.9 Å². The lowest BCUT2D eigenvalue weighted by Gasteiger charge is -2.12. The maximum atomic E-state index is 5.97. The molecular formula is C17H25NO2. The zero-order chi connectivity index (χ0) is 14.5. The van der Waals surface area contributed by atoms with E-state index >= 15 is 0 Å². The third-order valence-corrected chi connectivity index (χ3v) is 3.54. The molecule has 0 aliphatic heterocycles. The topological polar surface area (TPSA) is 34.4 Å². The molecule has 0 aliphatic rings. The van der Waals surface area contributed by atoms with Crippen molar-refractivity contribution >= 4 is 11.0 Å². The zero-order valence-corrected chi connectivity index (χ0v) is 12.9. The Morgan fingerprint density at radius 1 is 1.20 bits per heavy atom. The maximum Gasteiger partial charge on any atom is 0.134 e. The first-order valence-electron chi connectivity index (χ1n) is 7.46. The summed E-state index contributed by atoms with van der Waals surface area (Å²) < 4.78 is 11.9. The molecule has 1 unspecified atom stereocenters. The van der Waals surface area contributed by atoms with E-state index in [0.29, 0.717) is 12.6 Å². The Balaban J connectivity index is 2.24. The normalized spacial score (nSPS) is 13.2. The zero-order valence-electron chi connectivity index (χ0n) is 12.9. The van der Waals surface area contributed by atoms with Gasteiger partial charge in [-0.15, -0.1) is 0 Å². The van der Waals surface area contributed by atoms with Crippen molar-refractivity contribution < 1.29 is 9.15 Å². The van der Waals surface area contributed by atoms with Gasteiger partial charge in [0.05, 0.1) is 19.3 Å². The fraction of sp³-hybridized carbons (Fsp3) is 0.529. The van der Waals surface area contributed by atoms with E-state index in [1.165, 1.54) is 5.56 Å². The molecule has 3 nitrogen and oxygen atoms in total. The van der Waals surface area contributed by atoms with Gasteiger partial charge in [0.15, 0.2) is 0 Å². The van der Waals surface area contributed by atoms with Crippen LogP contribution in [0.1, 0.15) is 45.4 Å². The molecule has 0 spiro atoms. The Morgan fingerprint density at radius 3 is 2.65 bits per heavy atom. The summed E-state index contributed by atoms with van der Waals surface area (Å²) in [5.41, 5.74) is 2.12. The van der Waals surface area contributed by atoms with Gasteiger partial charge in [-0.05, 0) is 19.4 Å². The Bertz CT molecular complexity index is 545. The highest BCUT2D eigenvalue weighted by molar-refractivity contribution is 5.82. The fourth-order valence-electron chi connectivity index (χ4n) is 2.09. The lowest BCUT2D eigenvalue weighted by atomic mass is 10.1. The minimum absolute atomic E-state index is 0.273. The van der Waals surface area contributed by atoms with Crippen molar-refractivity contribution in [3.63, 3.8) is 0 Å². The number of ether oxygens (including phenoxy) is 1. The number of hydrogen-bond acceptors (Lipinski definition) is 3. The van der Waals surface area contributed by atoms with E-state index in [4.69, 9.17) is 9.15 Å². The van der Waals surface area contributed by atoms with Gasteiger partial charge in [-0.2, -0.15) is 0 Å². The number of benzene rings is 1. The van der Waals surface area contributed by atoms with Crippen molar-refractivity contribution in [3.05, 3.63) is 35.6 Å². The average molecular weight is 275 g/mol. The molecule has 0 saturated carbocycles. The van der Waals surface area contributed by atoms with Gasteiger partial charge in [-0.1, -0.05) is 39.0 Å².